The number of nitrogens with zero attached hydrogens (tertiary/aromatic N) is 4. The van der Waals surface area contributed by atoms with Crippen LogP contribution in [0.1, 0.15) is 0 Å². The van der Waals surface area contributed by atoms with E-state index in [1.165, 1.54) is 22.8 Å². The van der Waals surface area contributed by atoms with Gasteiger partial charge in [0.2, 0.25) is 0 Å². The van der Waals surface area contributed by atoms with Crippen LogP contribution in [-0.2, 0) is 0 Å². The van der Waals surface area contributed by atoms with Gasteiger partial charge in [0.1, 0.15) is 11.6 Å². The Bertz CT molecular complexity index is 1150. The smallest absolute Gasteiger partial charge is 0.194 e. The SMILES string of the molecule is N=c1c(-c2ccccn2)c2nc(-c3ccc(F)cc3F)ccn2n1O. The Kier molecular flexibility index (Phi) is 3.31. The molecule has 25 heavy (non-hydrogen) atoms. The summed E-state index contributed by atoms with van der Waals surface area (Å²) in [7, 11) is 0. The van der Waals surface area contributed by atoms with Gasteiger partial charge in [-0.1, -0.05) is 10.9 Å². The molecule has 0 unspecified atom stereocenters. The Morgan fingerprint density at radius 2 is 1.88 bits per heavy atom. The van der Waals surface area contributed by atoms with Crippen molar-refractivity contribution in [1.29, 1.82) is 5.41 Å². The molecular weight excluding hydrogens is 328 g/mol. The molecule has 124 valence electrons. The maximum Gasteiger partial charge on any atom is 0.194 e. The molecule has 0 radical (unpaired) electrons. The molecule has 0 aliphatic rings. The average Bonchev–Trinajstić information content (AvgIpc) is 2.86. The van der Waals surface area contributed by atoms with Gasteiger partial charge >= 0.3 is 0 Å². The normalized spacial score (nSPS) is 11.1. The van der Waals surface area contributed by atoms with Gasteiger partial charge in [0.25, 0.3) is 0 Å². The lowest BCUT2D eigenvalue weighted by Crippen LogP contribution is -2.17. The fourth-order valence-corrected chi connectivity index (χ4v) is 2.65. The van der Waals surface area contributed by atoms with Crippen LogP contribution < -0.4 is 5.49 Å². The summed E-state index contributed by atoms with van der Waals surface area (Å²) in [5, 5.41) is 18.2. The first-order valence-corrected chi connectivity index (χ1v) is 7.31. The van der Waals surface area contributed by atoms with E-state index in [0.29, 0.717) is 16.1 Å². The highest BCUT2D eigenvalue weighted by atomic mass is 19.1. The topological polar surface area (TPSA) is 79.2 Å². The number of hydrogen-bond donors (Lipinski definition) is 2. The first kappa shape index (κ1) is 15.0. The zero-order valence-electron chi connectivity index (χ0n) is 12.7. The third-order valence-corrected chi connectivity index (χ3v) is 3.81. The van der Waals surface area contributed by atoms with Crippen LogP contribution in [0.3, 0.4) is 0 Å². The van der Waals surface area contributed by atoms with E-state index in [4.69, 9.17) is 5.41 Å². The first-order valence-electron chi connectivity index (χ1n) is 7.31. The Morgan fingerprint density at radius 1 is 1.04 bits per heavy atom. The van der Waals surface area contributed by atoms with Crippen LogP contribution in [0.25, 0.3) is 28.2 Å². The molecule has 2 N–H and O–H groups in total. The van der Waals surface area contributed by atoms with Crippen molar-refractivity contribution in [2.75, 3.05) is 0 Å². The van der Waals surface area contributed by atoms with Crippen molar-refractivity contribution in [3.63, 3.8) is 0 Å². The highest BCUT2D eigenvalue weighted by Gasteiger charge is 2.17. The molecule has 4 aromatic rings. The van der Waals surface area contributed by atoms with Crippen molar-refractivity contribution in [1.82, 2.24) is 19.3 Å². The van der Waals surface area contributed by atoms with E-state index in [1.54, 1.807) is 24.4 Å². The summed E-state index contributed by atoms with van der Waals surface area (Å²) in [6.45, 7) is 0. The molecule has 0 aliphatic heterocycles. The summed E-state index contributed by atoms with van der Waals surface area (Å²) < 4.78 is 28.4. The molecule has 0 atom stereocenters. The molecule has 0 bridgehead atoms. The number of benzene rings is 1. The van der Waals surface area contributed by atoms with Gasteiger partial charge in [0.15, 0.2) is 11.1 Å². The van der Waals surface area contributed by atoms with E-state index in [9.17, 15) is 14.0 Å². The Balaban J connectivity index is 2.01. The molecule has 8 heteroatoms. The fourth-order valence-electron chi connectivity index (χ4n) is 2.65. The summed E-state index contributed by atoms with van der Waals surface area (Å²) in [4.78, 5) is 9.16. The lowest BCUT2D eigenvalue weighted by molar-refractivity contribution is 0.124. The predicted octanol–water partition coefficient (Wildman–Crippen LogP) is 2.86. The van der Waals surface area contributed by atoms with Gasteiger partial charge in [-0.15, -0.1) is 0 Å². The molecule has 3 heterocycles. The van der Waals surface area contributed by atoms with E-state index in [0.717, 1.165) is 12.1 Å². The molecule has 0 spiro atoms. The summed E-state index contributed by atoms with van der Waals surface area (Å²) in [6.07, 6.45) is 3.01. The third-order valence-electron chi connectivity index (χ3n) is 3.81. The highest BCUT2D eigenvalue weighted by molar-refractivity contribution is 5.76. The van der Waals surface area contributed by atoms with Crippen molar-refractivity contribution in [3.05, 3.63) is 72.0 Å². The molecule has 0 amide bonds. The van der Waals surface area contributed by atoms with E-state index >= 15 is 0 Å². The zero-order valence-corrected chi connectivity index (χ0v) is 12.7. The summed E-state index contributed by atoms with van der Waals surface area (Å²) >= 11 is 0. The van der Waals surface area contributed by atoms with E-state index in [-0.39, 0.29) is 22.4 Å². The van der Waals surface area contributed by atoms with Crippen LogP contribution in [0.2, 0.25) is 0 Å². The highest BCUT2D eigenvalue weighted by Crippen LogP contribution is 2.24. The monoisotopic (exact) mass is 339 g/mol. The van der Waals surface area contributed by atoms with E-state index in [1.807, 2.05) is 0 Å². The number of nitrogens with one attached hydrogen (secondary N) is 1. The molecule has 6 nitrogen and oxygen atoms in total. The second kappa shape index (κ2) is 5.52. The lowest BCUT2D eigenvalue weighted by Gasteiger charge is -2.05. The zero-order chi connectivity index (χ0) is 17.6. The van der Waals surface area contributed by atoms with Gasteiger partial charge in [-0.3, -0.25) is 10.4 Å². The van der Waals surface area contributed by atoms with Gasteiger partial charge in [-0.05, 0) is 30.3 Å². The quantitative estimate of drug-likeness (QED) is 0.551. The van der Waals surface area contributed by atoms with Gasteiger partial charge in [-0.25, -0.2) is 18.3 Å². The second-order valence-corrected chi connectivity index (χ2v) is 5.33. The summed E-state index contributed by atoms with van der Waals surface area (Å²) in [6, 6.07) is 9.84. The van der Waals surface area contributed by atoms with Crippen LogP contribution in [0, 0.1) is 17.0 Å². The first-order chi connectivity index (χ1) is 12.1. The predicted molar refractivity (Wildman–Crippen MR) is 84.8 cm³/mol. The number of aromatic nitrogens is 4. The van der Waals surface area contributed by atoms with Crippen molar-refractivity contribution in [3.8, 4) is 22.5 Å². The molecule has 0 saturated heterocycles. The van der Waals surface area contributed by atoms with Crippen LogP contribution >= 0.6 is 0 Å². The lowest BCUT2D eigenvalue weighted by atomic mass is 10.1. The molecule has 1 aromatic carbocycles. The Labute approximate surface area is 139 Å². The number of halogens is 2. The van der Waals surface area contributed by atoms with Crippen molar-refractivity contribution < 1.29 is 14.0 Å². The number of rotatable bonds is 2. The minimum atomic E-state index is -0.745. The minimum absolute atomic E-state index is 0.119. The van der Waals surface area contributed by atoms with Gasteiger partial charge in [-0.2, -0.15) is 0 Å². The minimum Gasteiger partial charge on any atom is -0.411 e. The van der Waals surface area contributed by atoms with Crippen LogP contribution in [0.15, 0.2) is 54.9 Å². The van der Waals surface area contributed by atoms with Crippen LogP contribution in [0.4, 0.5) is 8.78 Å². The summed E-state index contributed by atoms with van der Waals surface area (Å²) in [5.41, 5.74) is 1.14. The van der Waals surface area contributed by atoms with Gasteiger partial charge in [0, 0.05) is 24.0 Å². The molecule has 3 aromatic heterocycles. The third kappa shape index (κ3) is 2.35. The van der Waals surface area contributed by atoms with Crippen LogP contribution in [-0.4, -0.2) is 24.5 Å². The molecular formula is C17H11F2N5O. The number of fused-ring (bicyclic) bond motifs is 1. The Morgan fingerprint density at radius 3 is 2.60 bits per heavy atom. The molecule has 0 saturated carbocycles. The number of hydrogen-bond acceptors (Lipinski definition) is 4. The van der Waals surface area contributed by atoms with Crippen molar-refractivity contribution >= 4 is 5.65 Å². The molecule has 0 fully saturated rings. The van der Waals surface area contributed by atoms with E-state index < -0.39 is 11.6 Å². The second-order valence-electron chi connectivity index (χ2n) is 5.33. The average molecular weight is 339 g/mol. The van der Waals surface area contributed by atoms with Gasteiger partial charge < -0.3 is 5.21 Å². The van der Waals surface area contributed by atoms with Crippen molar-refractivity contribution in [2.24, 2.45) is 0 Å². The number of pyridine rings is 1. The maximum atomic E-state index is 14.1. The largest absolute Gasteiger partial charge is 0.411 e. The standard InChI is InChI=1S/C17H11F2N5O/c18-10-4-5-11(12(19)9-10)13-6-8-23-17(22-13)15(16(20)24(23)25)14-3-1-2-7-21-14/h1-9,20,25H. The fraction of sp³-hybridized carbons (Fsp3) is 0. The summed E-state index contributed by atoms with van der Waals surface area (Å²) in [5.74, 6) is -1.42. The van der Waals surface area contributed by atoms with Crippen molar-refractivity contribution in [2.45, 2.75) is 0 Å². The maximum absolute atomic E-state index is 14.1. The molecule has 4 rings (SSSR count). The van der Waals surface area contributed by atoms with Crippen LogP contribution in [0.5, 0.6) is 0 Å². The van der Waals surface area contributed by atoms with Gasteiger partial charge in [0.05, 0.1) is 17.0 Å². The Hall–Kier alpha value is -3.55. The molecule has 0 aliphatic carbocycles. The van der Waals surface area contributed by atoms with E-state index in [2.05, 4.69) is 9.97 Å².